The van der Waals surface area contributed by atoms with Gasteiger partial charge in [0.2, 0.25) is 0 Å². The molecule has 0 saturated carbocycles. The van der Waals surface area contributed by atoms with Crippen molar-refractivity contribution < 1.29 is 18.0 Å². The van der Waals surface area contributed by atoms with Crippen molar-refractivity contribution in [3.8, 4) is 0 Å². The molecule has 2 atom stereocenters. The fourth-order valence-electron chi connectivity index (χ4n) is 1.08. The van der Waals surface area contributed by atoms with Crippen LogP contribution in [0.1, 0.15) is 41.5 Å². The van der Waals surface area contributed by atoms with E-state index in [1.807, 2.05) is 0 Å². The summed E-state index contributed by atoms with van der Waals surface area (Å²) in [6, 6.07) is 0. The van der Waals surface area contributed by atoms with E-state index < -0.39 is 40.6 Å². The lowest BCUT2D eigenvalue weighted by Crippen LogP contribution is -2.42. The lowest BCUT2D eigenvalue weighted by Gasteiger charge is -2.25. The quantitative estimate of drug-likeness (QED) is 0.656. The molecule has 0 spiro atoms. The minimum absolute atomic E-state index is 0.473. The Bertz CT molecular complexity index is 431. The zero-order valence-electron chi connectivity index (χ0n) is 12.0. The lowest BCUT2D eigenvalue weighted by atomic mass is 9.92. The van der Waals surface area contributed by atoms with Gasteiger partial charge < -0.3 is 0 Å². The Labute approximate surface area is 131 Å². The van der Waals surface area contributed by atoms with Gasteiger partial charge in [0.15, 0.2) is 29.7 Å². The number of hydrogen-bond acceptors (Lipinski definition) is 4. The molecule has 112 valence electrons. The Hall–Kier alpha value is 0.250. The van der Waals surface area contributed by atoms with E-state index in [0.29, 0.717) is 0 Å². The summed E-state index contributed by atoms with van der Waals surface area (Å²) < 4.78 is 21.8. The van der Waals surface area contributed by atoms with Crippen LogP contribution in [0.4, 0.5) is 0 Å². The summed E-state index contributed by atoms with van der Waals surface area (Å²) in [4.78, 5) is 24.1. The maximum Gasteiger partial charge on any atom is 0.190 e. The first-order chi connectivity index (χ1) is 8.13. The van der Waals surface area contributed by atoms with Gasteiger partial charge in [0, 0.05) is 10.8 Å². The molecule has 0 heterocycles. The van der Waals surface area contributed by atoms with Crippen LogP contribution in [0.15, 0.2) is 0 Å². The molecule has 0 aromatic rings. The summed E-state index contributed by atoms with van der Waals surface area (Å²) in [5, 5.41) is 0. The van der Waals surface area contributed by atoms with Crippen molar-refractivity contribution in [1.82, 2.24) is 0 Å². The Morgan fingerprint density at radius 3 is 1.16 bits per heavy atom. The summed E-state index contributed by atoms with van der Waals surface area (Å²) in [5.41, 5.74) is -1.61. The molecule has 0 amide bonds. The van der Waals surface area contributed by atoms with E-state index in [4.69, 9.17) is 0 Å². The summed E-state index contributed by atoms with van der Waals surface area (Å²) in [5.74, 6) is -0.947. The largest absolute Gasteiger partial charge is 0.297 e. The molecule has 4 nitrogen and oxygen atoms in total. The number of sulfone groups is 1. The van der Waals surface area contributed by atoms with Gasteiger partial charge in [0.05, 0.1) is 0 Å². The van der Waals surface area contributed by atoms with Crippen molar-refractivity contribution in [1.29, 1.82) is 0 Å². The highest BCUT2D eigenvalue weighted by molar-refractivity contribution is 9.13. The second kappa shape index (κ2) is 5.93. The molecule has 0 bridgehead atoms. The highest BCUT2D eigenvalue weighted by Gasteiger charge is 2.45. The molecule has 0 aliphatic carbocycles. The van der Waals surface area contributed by atoms with Crippen LogP contribution < -0.4 is 0 Å². The first-order valence-electron chi connectivity index (χ1n) is 5.73. The van der Waals surface area contributed by atoms with Crippen LogP contribution >= 0.6 is 31.9 Å². The second-order valence-corrected chi connectivity index (χ2v) is 11.6. The Morgan fingerprint density at radius 2 is 1.00 bits per heavy atom. The van der Waals surface area contributed by atoms with Crippen molar-refractivity contribution in [2.45, 2.75) is 49.9 Å². The fraction of sp³-hybridized carbons (Fsp3) is 0.833. The van der Waals surface area contributed by atoms with Gasteiger partial charge in [-0.3, -0.25) is 9.59 Å². The fourth-order valence-corrected chi connectivity index (χ4v) is 6.14. The Morgan fingerprint density at radius 1 is 0.789 bits per heavy atom. The molecule has 0 radical (unpaired) electrons. The van der Waals surface area contributed by atoms with Gasteiger partial charge in [0.25, 0.3) is 0 Å². The minimum Gasteiger partial charge on any atom is -0.297 e. The number of rotatable bonds is 4. The molecule has 0 fully saturated rings. The summed E-state index contributed by atoms with van der Waals surface area (Å²) in [6.45, 7) is 9.80. The number of halogens is 2. The van der Waals surface area contributed by atoms with Gasteiger partial charge in [-0.25, -0.2) is 8.42 Å². The first-order valence-corrected chi connectivity index (χ1v) is 9.17. The van der Waals surface area contributed by atoms with E-state index in [2.05, 4.69) is 31.9 Å². The molecule has 0 aliphatic heterocycles. The van der Waals surface area contributed by atoms with Crippen molar-refractivity contribution in [2.75, 3.05) is 0 Å². The maximum atomic E-state index is 12.3. The Balaban J connectivity index is 5.42. The van der Waals surface area contributed by atoms with Crippen LogP contribution in [0.5, 0.6) is 0 Å². The smallest absolute Gasteiger partial charge is 0.190 e. The molecule has 19 heavy (non-hydrogen) atoms. The van der Waals surface area contributed by atoms with E-state index in [-0.39, 0.29) is 0 Å². The molecule has 0 saturated heterocycles. The van der Waals surface area contributed by atoms with Crippen LogP contribution in [-0.4, -0.2) is 28.3 Å². The van der Waals surface area contributed by atoms with Crippen LogP contribution in [0.25, 0.3) is 0 Å². The molecule has 0 aromatic heterocycles. The van der Waals surface area contributed by atoms with Gasteiger partial charge in [-0.05, 0) is 0 Å². The summed E-state index contributed by atoms with van der Waals surface area (Å²) in [6.07, 6.45) is 0. The molecular formula is C12H20Br2O4S. The molecule has 2 unspecified atom stereocenters. The minimum atomic E-state index is -3.97. The third-order valence-electron chi connectivity index (χ3n) is 2.47. The average molecular weight is 420 g/mol. The highest BCUT2D eigenvalue weighted by Crippen LogP contribution is 2.31. The van der Waals surface area contributed by atoms with Gasteiger partial charge >= 0.3 is 0 Å². The first kappa shape index (κ1) is 19.2. The monoisotopic (exact) mass is 418 g/mol. The zero-order valence-corrected chi connectivity index (χ0v) is 15.9. The summed E-state index contributed by atoms with van der Waals surface area (Å²) >= 11 is 5.83. The topological polar surface area (TPSA) is 68.3 Å². The van der Waals surface area contributed by atoms with Crippen molar-refractivity contribution >= 4 is 53.3 Å². The molecular weight excluding hydrogens is 400 g/mol. The zero-order chi connectivity index (χ0) is 15.8. The van der Waals surface area contributed by atoms with Gasteiger partial charge in [0.1, 0.15) is 0 Å². The average Bonchev–Trinajstić information content (AvgIpc) is 2.22. The predicted octanol–water partition coefficient (Wildman–Crippen LogP) is 3.07. The lowest BCUT2D eigenvalue weighted by molar-refractivity contribution is -0.124. The summed E-state index contributed by atoms with van der Waals surface area (Å²) in [7, 11) is -3.97. The second-order valence-electron chi connectivity index (χ2n) is 6.45. The molecule has 0 aromatic carbocycles. The van der Waals surface area contributed by atoms with E-state index in [1.54, 1.807) is 41.5 Å². The van der Waals surface area contributed by atoms with Crippen molar-refractivity contribution in [3.05, 3.63) is 0 Å². The normalized spacial score (nSPS) is 16.8. The highest BCUT2D eigenvalue weighted by atomic mass is 79.9. The van der Waals surface area contributed by atoms with Crippen molar-refractivity contribution in [2.24, 2.45) is 10.8 Å². The number of hydrogen-bond donors (Lipinski definition) is 0. The molecule has 7 heteroatoms. The van der Waals surface area contributed by atoms with E-state index >= 15 is 0 Å². The molecule has 0 rings (SSSR count). The number of alkyl halides is 2. The van der Waals surface area contributed by atoms with Crippen LogP contribution in [-0.2, 0) is 19.4 Å². The standard InChI is InChI=1S/C12H20Br2O4S/c1-11(2,3)7(15)9(13)19(17,18)10(14)8(16)12(4,5)6/h9-10H,1-6H3. The Kier molecular flexibility index (Phi) is 6.01. The van der Waals surface area contributed by atoms with E-state index in [1.165, 1.54) is 0 Å². The van der Waals surface area contributed by atoms with Gasteiger partial charge in [-0.15, -0.1) is 0 Å². The number of ketones is 2. The molecule has 0 N–H and O–H groups in total. The number of Topliss-reactive ketones (excluding diaryl/α,β-unsaturated/α-hetero) is 2. The third kappa shape index (κ3) is 4.63. The number of carbonyl (C=O) groups is 2. The molecule has 0 aliphatic rings. The van der Waals surface area contributed by atoms with Gasteiger partial charge in [-0.2, -0.15) is 0 Å². The van der Waals surface area contributed by atoms with Crippen LogP contribution in [0, 0.1) is 10.8 Å². The van der Waals surface area contributed by atoms with E-state index in [0.717, 1.165) is 0 Å². The van der Waals surface area contributed by atoms with Gasteiger partial charge in [-0.1, -0.05) is 73.4 Å². The van der Waals surface area contributed by atoms with E-state index in [9.17, 15) is 18.0 Å². The predicted molar refractivity (Wildman–Crippen MR) is 83.3 cm³/mol. The van der Waals surface area contributed by atoms with Crippen molar-refractivity contribution in [3.63, 3.8) is 0 Å². The van der Waals surface area contributed by atoms with Crippen LogP contribution in [0.2, 0.25) is 0 Å². The van der Waals surface area contributed by atoms with Crippen LogP contribution in [0.3, 0.4) is 0 Å². The number of carbonyl (C=O) groups excluding carboxylic acids is 2. The third-order valence-corrected chi connectivity index (χ3v) is 8.01. The maximum absolute atomic E-state index is 12.3. The SMILES string of the molecule is CC(C)(C)C(=O)C(Br)S(=O)(=O)C(Br)C(=O)C(C)(C)C.